The van der Waals surface area contributed by atoms with Crippen molar-refractivity contribution in [3.8, 4) is 5.69 Å². The molecule has 3 aromatic carbocycles. The first-order chi connectivity index (χ1) is 17.9. The molecule has 2 aromatic heterocycles. The molecule has 0 aliphatic carbocycles. The van der Waals surface area contributed by atoms with Gasteiger partial charge >= 0.3 is 5.69 Å². The summed E-state index contributed by atoms with van der Waals surface area (Å²) in [4.78, 5) is 41.4. The summed E-state index contributed by atoms with van der Waals surface area (Å²) in [7, 11) is 1.53. The molecule has 0 saturated carbocycles. The highest BCUT2D eigenvalue weighted by atomic mass is 35.5. The van der Waals surface area contributed by atoms with Gasteiger partial charge in [-0.05, 0) is 54.1 Å². The van der Waals surface area contributed by atoms with Crippen molar-refractivity contribution in [1.82, 2.24) is 35.5 Å². The average Bonchev–Trinajstić information content (AvgIpc) is 3.42. The van der Waals surface area contributed by atoms with Crippen LogP contribution in [-0.2, 0) is 0 Å². The number of aromatic amines is 2. The second-order valence-electron chi connectivity index (χ2n) is 7.98. The monoisotopic (exact) mass is 520 g/mol. The van der Waals surface area contributed by atoms with Crippen LogP contribution >= 0.6 is 11.6 Å². The summed E-state index contributed by atoms with van der Waals surface area (Å²) >= 11 is 6.11. The van der Waals surface area contributed by atoms with Gasteiger partial charge in [0.25, 0.3) is 11.5 Å². The van der Waals surface area contributed by atoms with Crippen molar-refractivity contribution in [2.45, 2.75) is 6.04 Å². The Morgan fingerprint density at radius 2 is 1.89 bits per heavy atom. The van der Waals surface area contributed by atoms with Crippen LogP contribution in [0, 0.1) is 5.82 Å². The SMILES string of the molecule is CNc1cc2[nH]c(=O)n(-c3ccc(C(=O)NC(c4cccc(Cl)c4)c4nn[nH]n4)cc3)c(=O)c2cc1F. The van der Waals surface area contributed by atoms with Gasteiger partial charge in [0.1, 0.15) is 11.9 Å². The van der Waals surface area contributed by atoms with Crippen LogP contribution < -0.4 is 21.9 Å². The molecule has 1 atom stereocenters. The number of H-pyrrole nitrogens is 2. The zero-order valence-electron chi connectivity index (χ0n) is 19.1. The van der Waals surface area contributed by atoms with Crippen LogP contribution in [0.25, 0.3) is 16.6 Å². The third kappa shape index (κ3) is 4.57. The number of carbonyl (C=O) groups is 1. The largest absolute Gasteiger partial charge is 0.386 e. The van der Waals surface area contributed by atoms with E-state index in [-0.39, 0.29) is 33.7 Å². The number of carbonyl (C=O) groups excluding carboxylic acids is 1. The molecular weight excluding hydrogens is 503 g/mol. The molecule has 1 unspecified atom stereocenters. The number of hydrogen-bond donors (Lipinski definition) is 4. The van der Waals surface area contributed by atoms with Gasteiger partial charge in [-0.1, -0.05) is 28.9 Å². The molecule has 186 valence electrons. The fourth-order valence-electron chi connectivity index (χ4n) is 3.91. The van der Waals surface area contributed by atoms with Crippen LogP contribution in [0.15, 0.2) is 70.3 Å². The molecular formula is C24H18ClFN8O3. The number of amides is 1. The molecule has 5 aromatic rings. The van der Waals surface area contributed by atoms with Crippen molar-refractivity contribution in [2.24, 2.45) is 0 Å². The highest BCUT2D eigenvalue weighted by Gasteiger charge is 2.22. The summed E-state index contributed by atoms with van der Waals surface area (Å²) in [5.74, 6) is -0.869. The second kappa shape index (κ2) is 9.66. The molecule has 0 spiro atoms. The Hall–Kier alpha value is -4.84. The molecule has 37 heavy (non-hydrogen) atoms. The van der Waals surface area contributed by atoms with Crippen LogP contribution in [0.1, 0.15) is 27.8 Å². The lowest BCUT2D eigenvalue weighted by molar-refractivity contribution is 0.0941. The maximum atomic E-state index is 14.3. The number of fused-ring (bicyclic) bond motifs is 1. The van der Waals surface area contributed by atoms with E-state index in [1.807, 2.05) is 0 Å². The van der Waals surface area contributed by atoms with Gasteiger partial charge in [0.2, 0.25) is 5.82 Å². The van der Waals surface area contributed by atoms with Gasteiger partial charge in [-0.25, -0.2) is 13.8 Å². The Balaban J connectivity index is 1.46. The first-order valence-corrected chi connectivity index (χ1v) is 11.3. The molecule has 0 fully saturated rings. The molecule has 1 amide bonds. The quantitative estimate of drug-likeness (QED) is 0.268. The maximum absolute atomic E-state index is 14.3. The van der Waals surface area contributed by atoms with E-state index in [9.17, 15) is 18.8 Å². The predicted molar refractivity (Wildman–Crippen MR) is 135 cm³/mol. The number of halogens is 2. The standard InChI is InChI=1S/C24H18ClFN8O3/c1-27-19-11-18-16(10-17(19)26)23(36)34(24(37)28-18)15-7-5-12(6-8-15)22(35)29-20(21-30-32-33-31-21)13-3-2-4-14(25)9-13/h2-11,20,27H,1H3,(H,28,37)(H,29,35)(H,30,31,32,33). The lowest BCUT2D eigenvalue weighted by atomic mass is 10.1. The smallest absolute Gasteiger partial charge is 0.333 e. The molecule has 0 aliphatic heterocycles. The van der Waals surface area contributed by atoms with E-state index in [0.717, 1.165) is 10.6 Å². The molecule has 2 heterocycles. The number of tetrazole rings is 1. The van der Waals surface area contributed by atoms with Crippen molar-refractivity contribution in [3.63, 3.8) is 0 Å². The zero-order chi connectivity index (χ0) is 26.1. The minimum absolute atomic E-state index is 0.00222. The van der Waals surface area contributed by atoms with E-state index >= 15 is 0 Å². The molecule has 11 nitrogen and oxygen atoms in total. The first-order valence-electron chi connectivity index (χ1n) is 10.9. The number of anilines is 1. The van der Waals surface area contributed by atoms with Crippen molar-refractivity contribution < 1.29 is 9.18 Å². The van der Waals surface area contributed by atoms with Crippen molar-refractivity contribution in [2.75, 3.05) is 12.4 Å². The van der Waals surface area contributed by atoms with Crippen LogP contribution in [0.3, 0.4) is 0 Å². The van der Waals surface area contributed by atoms with Crippen molar-refractivity contribution >= 4 is 34.1 Å². The normalized spacial score (nSPS) is 11.9. The van der Waals surface area contributed by atoms with Crippen LogP contribution in [0.2, 0.25) is 5.02 Å². The molecule has 4 N–H and O–H groups in total. The number of hydrogen-bond acceptors (Lipinski definition) is 7. The lowest BCUT2D eigenvalue weighted by Crippen LogP contribution is -2.34. The van der Waals surface area contributed by atoms with Crippen LogP contribution in [0.5, 0.6) is 0 Å². The predicted octanol–water partition coefficient (Wildman–Crippen LogP) is 2.55. The first kappa shape index (κ1) is 23.9. The summed E-state index contributed by atoms with van der Waals surface area (Å²) < 4.78 is 15.1. The van der Waals surface area contributed by atoms with Crippen LogP contribution in [0.4, 0.5) is 10.1 Å². The van der Waals surface area contributed by atoms with Gasteiger partial charge in [0.05, 0.1) is 22.3 Å². The molecule has 13 heteroatoms. The highest BCUT2D eigenvalue weighted by Crippen LogP contribution is 2.23. The summed E-state index contributed by atoms with van der Waals surface area (Å²) in [6.45, 7) is 0. The Kier molecular flexibility index (Phi) is 6.24. The zero-order valence-corrected chi connectivity index (χ0v) is 19.9. The Labute approximate surface area is 212 Å². The topological polar surface area (TPSA) is 150 Å². The molecule has 0 aliphatic rings. The second-order valence-corrected chi connectivity index (χ2v) is 8.41. The minimum Gasteiger partial charge on any atom is -0.386 e. The van der Waals surface area contributed by atoms with Gasteiger partial charge in [-0.3, -0.25) is 9.59 Å². The van der Waals surface area contributed by atoms with Crippen LogP contribution in [-0.4, -0.2) is 43.1 Å². The molecule has 0 bridgehead atoms. The fourth-order valence-corrected chi connectivity index (χ4v) is 4.11. The Morgan fingerprint density at radius 3 is 2.57 bits per heavy atom. The molecule has 0 radical (unpaired) electrons. The summed E-state index contributed by atoms with van der Waals surface area (Å²) in [5.41, 5.74) is 0.0228. The van der Waals surface area contributed by atoms with E-state index in [1.165, 1.54) is 37.4 Å². The molecule has 0 saturated heterocycles. The number of rotatable bonds is 6. The number of nitrogens with zero attached hydrogens (tertiary/aromatic N) is 4. The summed E-state index contributed by atoms with van der Waals surface area (Å²) in [6.07, 6.45) is 0. The lowest BCUT2D eigenvalue weighted by Gasteiger charge is -2.16. The minimum atomic E-state index is -0.743. The average molecular weight is 521 g/mol. The van der Waals surface area contributed by atoms with Gasteiger partial charge in [0, 0.05) is 17.6 Å². The fraction of sp³-hybridized carbons (Fsp3) is 0.0833. The van der Waals surface area contributed by atoms with Crippen molar-refractivity contribution in [3.05, 3.63) is 109 Å². The maximum Gasteiger partial charge on any atom is 0.333 e. The third-order valence-electron chi connectivity index (χ3n) is 5.72. The van der Waals surface area contributed by atoms with Gasteiger partial charge in [-0.15, -0.1) is 10.2 Å². The van der Waals surface area contributed by atoms with E-state index < -0.39 is 29.0 Å². The highest BCUT2D eigenvalue weighted by molar-refractivity contribution is 6.30. The van der Waals surface area contributed by atoms with E-state index in [1.54, 1.807) is 24.3 Å². The van der Waals surface area contributed by atoms with E-state index in [2.05, 4.69) is 36.2 Å². The van der Waals surface area contributed by atoms with Gasteiger partial charge in [-0.2, -0.15) is 5.21 Å². The van der Waals surface area contributed by atoms with Crippen molar-refractivity contribution in [1.29, 1.82) is 0 Å². The summed E-state index contributed by atoms with van der Waals surface area (Å²) in [6, 6.07) is 14.3. The van der Waals surface area contributed by atoms with Gasteiger partial charge < -0.3 is 15.6 Å². The molecule has 5 rings (SSSR count). The van der Waals surface area contributed by atoms with E-state index in [0.29, 0.717) is 10.6 Å². The summed E-state index contributed by atoms with van der Waals surface area (Å²) in [5, 5.41) is 19.8. The Morgan fingerprint density at radius 1 is 1.11 bits per heavy atom. The van der Waals surface area contributed by atoms with Gasteiger partial charge in [0.15, 0.2) is 0 Å². The van der Waals surface area contributed by atoms with E-state index in [4.69, 9.17) is 11.6 Å². The number of nitrogens with one attached hydrogen (secondary N) is 4. The third-order valence-corrected chi connectivity index (χ3v) is 5.95. The number of benzene rings is 3. The number of aromatic nitrogens is 6. The Bertz CT molecular complexity index is 1730.